The Bertz CT molecular complexity index is 724. The zero-order valence-electron chi connectivity index (χ0n) is 11.6. The van der Waals surface area contributed by atoms with Crippen molar-refractivity contribution in [2.45, 2.75) is 5.92 Å². The molecule has 3 aromatic rings. The standard InChI is InChI=1S/C18H14BrNO2/c19-15-9-14(10-20-11-15)18(12-1-5-16(21)6-2-12)13-3-7-17(22)8-4-13/h1-11,18,21-22H. The second kappa shape index (κ2) is 6.20. The number of phenolic OH excluding ortho intramolecular Hbond substituents is 2. The monoisotopic (exact) mass is 355 g/mol. The number of hydrogen-bond donors (Lipinski definition) is 2. The third-order valence-corrected chi connectivity index (χ3v) is 3.95. The van der Waals surface area contributed by atoms with Gasteiger partial charge in [0.15, 0.2) is 0 Å². The van der Waals surface area contributed by atoms with E-state index in [9.17, 15) is 10.2 Å². The van der Waals surface area contributed by atoms with Crippen molar-refractivity contribution in [1.29, 1.82) is 0 Å². The molecular weight excluding hydrogens is 342 g/mol. The Balaban J connectivity index is 2.13. The maximum atomic E-state index is 9.51. The third kappa shape index (κ3) is 3.12. The van der Waals surface area contributed by atoms with Gasteiger partial charge in [0, 0.05) is 22.8 Å². The van der Waals surface area contributed by atoms with Crippen molar-refractivity contribution in [3.8, 4) is 11.5 Å². The van der Waals surface area contributed by atoms with Gasteiger partial charge in [-0.05, 0) is 63.0 Å². The van der Waals surface area contributed by atoms with Gasteiger partial charge in [0.2, 0.25) is 0 Å². The first-order chi connectivity index (χ1) is 10.6. The molecule has 2 N–H and O–H groups in total. The molecule has 110 valence electrons. The fourth-order valence-corrected chi connectivity index (χ4v) is 2.88. The van der Waals surface area contributed by atoms with E-state index in [1.165, 1.54) is 0 Å². The summed E-state index contributed by atoms with van der Waals surface area (Å²) in [5.41, 5.74) is 3.12. The first-order valence-corrected chi connectivity index (χ1v) is 7.61. The molecule has 0 radical (unpaired) electrons. The highest BCUT2D eigenvalue weighted by atomic mass is 79.9. The smallest absolute Gasteiger partial charge is 0.115 e. The molecule has 0 aliphatic carbocycles. The third-order valence-electron chi connectivity index (χ3n) is 3.51. The largest absolute Gasteiger partial charge is 0.508 e. The second-order valence-electron chi connectivity index (χ2n) is 5.05. The van der Waals surface area contributed by atoms with E-state index >= 15 is 0 Å². The zero-order valence-corrected chi connectivity index (χ0v) is 13.2. The zero-order chi connectivity index (χ0) is 15.5. The molecular formula is C18H14BrNO2. The maximum Gasteiger partial charge on any atom is 0.115 e. The molecule has 0 aliphatic heterocycles. The van der Waals surface area contributed by atoms with Crippen LogP contribution < -0.4 is 0 Å². The Morgan fingerprint density at radius 1 is 0.727 bits per heavy atom. The van der Waals surface area contributed by atoms with Crippen molar-refractivity contribution in [2.75, 3.05) is 0 Å². The molecule has 0 spiro atoms. The number of benzene rings is 2. The van der Waals surface area contributed by atoms with Gasteiger partial charge in [0.05, 0.1) is 0 Å². The van der Waals surface area contributed by atoms with Crippen LogP contribution in [0.1, 0.15) is 22.6 Å². The quantitative estimate of drug-likeness (QED) is 0.730. The first kappa shape index (κ1) is 14.6. The predicted molar refractivity (Wildman–Crippen MR) is 89.1 cm³/mol. The molecule has 0 unspecified atom stereocenters. The van der Waals surface area contributed by atoms with Crippen LogP contribution in [0.3, 0.4) is 0 Å². The fourth-order valence-electron chi connectivity index (χ4n) is 2.50. The molecule has 1 heterocycles. The Morgan fingerprint density at radius 3 is 1.68 bits per heavy atom. The molecule has 0 saturated heterocycles. The number of phenols is 2. The van der Waals surface area contributed by atoms with Crippen LogP contribution in [0.4, 0.5) is 0 Å². The summed E-state index contributed by atoms with van der Waals surface area (Å²) in [6, 6.07) is 16.3. The molecule has 0 aliphatic rings. The first-order valence-electron chi connectivity index (χ1n) is 6.82. The van der Waals surface area contributed by atoms with E-state index in [4.69, 9.17) is 0 Å². The summed E-state index contributed by atoms with van der Waals surface area (Å²) in [4.78, 5) is 4.25. The van der Waals surface area contributed by atoms with E-state index in [2.05, 4.69) is 20.9 Å². The van der Waals surface area contributed by atoms with Gasteiger partial charge in [-0.1, -0.05) is 24.3 Å². The van der Waals surface area contributed by atoms with Crippen LogP contribution in [-0.2, 0) is 0 Å². The molecule has 3 rings (SSSR count). The summed E-state index contributed by atoms with van der Waals surface area (Å²) < 4.78 is 0.910. The second-order valence-corrected chi connectivity index (χ2v) is 5.97. The highest BCUT2D eigenvalue weighted by Crippen LogP contribution is 2.34. The summed E-state index contributed by atoms with van der Waals surface area (Å²) in [6.45, 7) is 0. The number of rotatable bonds is 3. The molecule has 1 aromatic heterocycles. The number of aromatic hydroxyl groups is 2. The van der Waals surface area contributed by atoms with E-state index in [1.807, 2.05) is 36.5 Å². The van der Waals surface area contributed by atoms with Gasteiger partial charge in [-0.25, -0.2) is 0 Å². The van der Waals surface area contributed by atoms with Crippen molar-refractivity contribution < 1.29 is 10.2 Å². The van der Waals surface area contributed by atoms with Gasteiger partial charge in [-0.3, -0.25) is 4.98 Å². The molecule has 0 saturated carbocycles. The van der Waals surface area contributed by atoms with Crippen LogP contribution in [0.2, 0.25) is 0 Å². The van der Waals surface area contributed by atoms with Crippen molar-refractivity contribution in [3.63, 3.8) is 0 Å². The summed E-state index contributed by atoms with van der Waals surface area (Å²) in [5.74, 6) is 0.451. The van der Waals surface area contributed by atoms with Crippen LogP contribution in [0.5, 0.6) is 11.5 Å². The van der Waals surface area contributed by atoms with Gasteiger partial charge in [0.25, 0.3) is 0 Å². The lowest BCUT2D eigenvalue weighted by Gasteiger charge is -2.19. The van der Waals surface area contributed by atoms with Crippen LogP contribution in [0.15, 0.2) is 71.5 Å². The molecule has 2 aromatic carbocycles. The normalized spacial score (nSPS) is 10.8. The lowest BCUT2D eigenvalue weighted by atomic mass is 9.86. The van der Waals surface area contributed by atoms with E-state index in [0.717, 1.165) is 21.2 Å². The molecule has 4 heteroatoms. The van der Waals surface area contributed by atoms with Crippen molar-refractivity contribution in [2.24, 2.45) is 0 Å². The van der Waals surface area contributed by atoms with E-state index < -0.39 is 0 Å². The molecule has 22 heavy (non-hydrogen) atoms. The van der Waals surface area contributed by atoms with Gasteiger partial charge in [-0.2, -0.15) is 0 Å². The SMILES string of the molecule is Oc1ccc(C(c2ccc(O)cc2)c2cncc(Br)c2)cc1. The van der Waals surface area contributed by atoms with Gasteiger partial charge in [0.1, 0.15) is 11.5 Å². The molecule has 0 atom stereocenters. The van der Waals surface area contributed by atoms with E-state index in [0.29, 0.717) is 0 Å². The number of nitrogens with zero attached hydrogens (tertiary/aromatic N) is 1. The van der Waals surface area contributed by atoms with Crippen molar-refractivity contribution in [1.82, 2.24) is 4.98 Å². The van der Waals surface area contributed by atoms with Crippen molar-refractivity contribution >= 4 is 15.9 Å². The van der Waals surface area contributed by atoms with E-state index in [1.54, 1.807) is 30.5 Å². The minimum Gasteiger partial charge on any atom is -0.508 e. The summed E-state index contributed by atoms with van der Waals surface area (Å²) in [5, 5.41) is 19.0. The molecule has 0 amide bonds. The Morgan fingerprint density at radius 2 is 1.23 bits per heavy atom. The summed E-state index contributed by atoms with van der Waals surface area (Å²) in [7, 11) is 0. The van der Waals surface area contributed by atoms with Crippen LogP contribution in [-0.4, -0.2) is 15.2 Å². The van der Waals surface area contributed by atoms with Crippen LogP contribution >= 0.6 is 15.9 Å². The number of pyridine rings is 1. The number of halogens is 1. The predicted octanol–water partition coefficient (Wildman–Crippen LogP) is 4.44. The minimum atomic E-state index is -0.0220. The van der Waals surface area contributed by atoms with Gasteiger partial charge >= 0.3 is 0 Å². The summed E-state index contributed by atoms with van der Waals surface area (Å²) in [6.07, 6.45) is 3.57. The average molecular weight is 356 g/mol. The molecule has 0 bridgehead atoms. The Kier molecular flexibility index (Phi) is 4.11. The fraction of sp³-hybridized carbons (Fsp3) is 0.0556. The highest BCUT2D eigenvalue weighted by Gasteiger charge is 2.17. The maximum absolute atomic E-state index is 9.51. The molecule has 0 fully saturated rings. The van der Waals surface area contributed by atoms with Gasteiger partial charge < -0.3 is 10.2 Å². The van der Waals surface area contributed by atoms with Crippen LogP contribution in [0, 0.1) is 0 Å². The topological polar surface area (TPSA) is 53.4 Å². The number of hydrogen-bond acceptors (Lipinski definition) is 3. The van der Waals surface area contributed by atoms with E-state index in [-0.39, 0.29) is 17.4 Å². The van der Waals surface area contributed by atoms with Crippen molar-refractivity contribution in [3.05, 3.63) is 88.2 Å². The summed E-state index contributed by atoms with van der Waals surface area (Å²) >= 11 is 3.46. The lowest BCUT2D eigenvalue weighted by molar-refractivity contribution is 0.475. The minimum absolute atomic E-state index is 0.0220. The Hall–Kier alpha value is -2.33. The highest BCUT2D eigenvalue weighted by molar-refractivity contribution is 9.10. The molecule has 3 nitrogen and oxygen atoms in total. The lowest BCUT2D eigenvalue weighted by Crippen LogP contribution is -2.03. The van der Waals surface area contributed by atoms with Gasteiger partial charge in [-0.15, -0.1) is 0 Å². The Labute approximate surface area is 137 Å². The van der Waals surface area contributed by atoms with Crippen LogP contribution in [0.25, 0.3) is 0 Å². The average Bonchev–Trinajstić information content (AvgIpc) is 2.51. The number of aromatic nitrogens is 1.